The molecule has 2 N–H and O–H groups in total. The number of amides is 1. The van der Waals surface area contributed by atoms with Gasteiger partial charge in [-0.15, -0.1) is 0 Å². The number of carbonyl (C=O) groups excluding carboxylic acids is 1. The van der Waals surface area contributed by atoms with Gasteiger partial charge in [-0.3, -0.25) is 4.79 Å². The fraction of sp³-hybridized carbons (Fsp3) is 0.278. The third-order valence-corrected chi connectivity index (χ3v) is 3.99. The van der Waals surface area contributed by atoms with Crippen LogP contribution in [0.5, 0.6) is 0 Å². The molecule has 0 spiro atoms. The number of anilines is 1. The molecule has 1 unspecified atom stereocenters. The highest BCUT2D eigenvalue weighted by Crippen LogP contribution is 2.29. The lowest BCUT2D eigenvalue weighted by Crippen LogP contribution is -2.03. The van der Waals surface area contributed by atoms with Gasteiger partial charge >= 0.3 is 0 Å². The summed E-state index contributed by atoms with van der Waals surface area (Å²) in [5.41, 5.74) is 4.76. The van der Waals surface area contributed by atoms with Gasteiger partial charge in [0.25, 0.3) is 0 Å². The van der Waals surface area contributed by atoms with Crippen molar-refractivity contribution in [2.75, 3.05) is 5.32 Å². The normalized spacial score (nSPS) is 15.0. The zero-order chi connectivity index (χ0) is 15.0. The van der Waals surface area contributed by atoms with Gasteiger partial charge in [-0.05, 0) is 34.2 Å². The molecule has 3 heteroatoms. The number of benzene rings is 2. The van der Waals surface area contributed by atoms with E-state index in [0.29, 0.717) is 12.3 Å². The van der Waals surface area contributed by atoms with Crippen LogP contribution in [0.1, 0.15) is 48.1 Å². The summed E-state index contributed by atoms with van der Waals surface area (Å²) < 4.78 is 0. The zero-order valence-corrected chi connectivity index (χ0v) is 12.3. The Bertz CT molecular complexity index is 674. The molecule has 21 heavy (non-hydrogen) atoms. The Morgan fingerprint density at radius 1 is 1.00 bits per heavy atom. The third kappa shape index (κ3) is 2.69. The Kier molecular flexibility index (Phi) is 3.52. The number of hydrogen-bond donors (Lipinski definition) is 2. The summed E-state index contributed by atoms with van der Waals surface area (Å²) in [7, 11) is 0. The van der Waals surface area contributed by atoms with Crippen molar-refractivity contribution in [2.24, 2.45) is 0 Å². The first-order valence-corrected chi connectivity index (χ1v) is 7.25. The Morgan fingerprint density at radius 2 is 1.62 bits per heavy atom. The lowest BCUT2D eigenvalue weighted by molar-refractivity contribution is -0.115. The maximum absolute atomic E-state index is 11.4. The molecule has 2 aromatic rings. The van der Waals surface area contributed by atoms with E-state index in [1.165, 1.54) is 5.56 Å². The first kappa shape index (κ1) is 13.8. The second-order valence-electron chi connectivity index (χ2n) is 5.87. The van der Waals surface area contributed by atoms with Crippen molar-refractivity contribution in [2.45, 2.75) is 32.3 Å². The molecule has 1 aliphatic rings. The Hall–Kier alpha value is -2.13. The van der Waals surface area contributed by atoms with E-state index in [1.807, 2.05) is 30.3 Å². The summed E-state index contributed by atoms with van der Waals surface area (Å²) >= 11 is 0. The monoisotopic (exact) mass is 281 g/mol. The first-order valence-electron chi connectivity index (χ1n) is 7.25. The van der Waals surface area contributed by atoms with Gasteiger partial charge in [0.2, 0.25) is 5.91 Å². The van der Waals surface area contributed by atoms with Gasteiger partial charge in [-0.25, -0.2) is 0 Å². The maximum atomic E-state index is 11.4. The molecule has 0 aromatic heterocycles. The van der Waals surface area contributed by atoms with Crippen molar-refractivity contribution in [1.82, 2.24) is 0 Å². The minimum absolute atomic E-state index is 0.0120. The van der Waals surface area contributed by atoms with E-state index >= 15 is 0 Å². The smallest absolute Gasteiger partial charge is 0.228 e. The van der Waals surface area contributed by atoms with E-state index in [1.54, 1.807) is 0 Å². The molecular formula is C18H19NO2. The average molecular weight is 281 g/mol. The quantitative estimate of drug-likeness (QED) is 0.906. The first-order chi connectivity index (χ1) is 10.0. The highest BCUT2D eigenvalue weighted by Gasteiger charge is 2.19. The molecule has 0 saturated carbocycles. The van der Waals surface area contributed by atoms with E-state index in [0.717, 1.165) is 22.4 Å². The van der Waals surface area contributed by atoms with Gasteiger partial charge in [-0.2, -0.15) is 0 Å². The van der Waals surface area contributed by atoms with Gasteiger partial charge in [-0.1, -0.05) is 50.2 Å². The van der Waals surface area contributed by atoms with Crippen LogP contribution < -0.4 is 5.32 Å². The van der Waals surface area contributed by atoms with E-state index < -0.39 is 6.10 Å². The van der Waals surface area contributed by atoms with Crippen molar-refractivity contribution >= 4 is 11.6 Å². The number of aliphatic hydroxyl groups is 1. The van der Waals surface area contributed by atoms with E-state index in [4.69, 9.17) is 0 Å². The van der Waals surface area contributed by atoms with Crippen molar-refractivity contribution in [3.05, 3.63) is 64.7 Å². The largest absolute Gasteiger partial charge is 0.384 e. The Labute approximate surface area is 124 Å². The van der Waals surface area contributed by atoms with Crippen LogP contribution in [0.15, 0.2) is 42.5 Å². The molecule has 0 fully saturated rings. The second kappa shape index (κ2) is 5.34. The lowest BCUT2D eigenvalue weighted by atomic mass is 9.96. The third-order valence-electron chi connectivity index (χ3n) is 3.99. The summed E-state index contributed by atoms with van der Waals surface area (Å²) in [6.07, 6.45) is -0.269. The van der Waals surface area contributed by atoms with Crippen LogP contribution in [0.3, 0.4) is 0 Å². The van der Waals surface area contributed by atoms with Crippen LogP contribution in [-0.4, -0.2) is 11.0 Å². The van der Waals surface area contributed by atoms with Crippen LogP contribution in [0.4, 0.5) is 5.69 Å². The molecule has 1 heterocycles. The minimum Gasteiger partial charge on any atom is -0.384 e. The van der Waals surface area contributed by atoms with Crippen molar-refractivity contribution in [1.29, 1.82) is 0 Å². The second-order valence-corrected chi connectivity index (χ2v) is 5.87. The molecular weight excluding hydrogens is 262 g/mol. The molecule has 0 saturated heterocycles. The molecule has 1 amide bonds. The Morgan fingerprint density at radius 3 is 2.29 bits per heavy atom. The van der Waals surface area contributed by atoms with Gasteiger partial charge in [0.05, 0.1) is 6.42 Å². The number of rotatable bonds is 3. The molecule has 1 aliphatic heterocycles. The number of hydrogen-bond acceptors (Lipinski definition) is 2. The summed E-state index contributed by atoms with van der Waals surface area (Å²) in [5, 5.41) is 13.3. The fourth-order valence-corrected chi connectivity index (χ4v) is 2.67. The Balaban J connectivity index is 1.87. The van der Waals surface area contributed by atoms with Crippen LogP contribution in [0.2, 0.25) is 0 Å². The summed E-state index contributed by atoms with van der Waals surface area (Å²) in [4.78, 5) is 11.4. The van der Waals surface area contributed by atoms with Crippen LogP contribution in [0.25, 0.3) is 0 Å². The fourth-order valence-electron chi connectivity index (χ4n) is 2.67. The lowest BCUT2D eigenvalue weighted by Gasteiger charge is -2.14. The molecule has 0 bridgehead atoms. The highest BCUT2D eigenvalue weighted by atomic mass is 16.3. The topological polar surface area (TPSA) is 49.3 Å². The molecule has 3 rings (SSSR count). The van der Waals surface area contributed by atoms with Crippen molar-refractivity contribution in [3.8, 4) is 0 Å². The van der Waals surface area contributed by atoms with Gasteiger partial charge in [0, 0.05) is 5.69 Å². The molecule has 0 aliphatic carbocycles. The van der Waals surface area contributed by atoms with Crippen LogP contribution in [-0.2, 0) is 11.2 Å². The zero-order valence-electron chi connectivity index (χ0n) is 12.3. The minimum atomic E-state index is -0.660. The molecule has 0 radical (unpaired) electrons. The van der Waals surface area contributed by atoms with E-state index in [2.05, 4.69) is 31.3 Å². The van der Waals surface area contributed by atoms with Crippen LogP contribution in [0, 0.1) is 0 Å². The van der Waals surface area contributed by atoms with Gasteiger partial charge in [0.15, 0.2) is 0 Å². The molecule has 3 nitrogen and oxygen atoms in total. The summed E-state index contributed by atoms with van der Waals surface area (Å²) in [6.45, 7) is 4.30. The number of fused-ring (bicyclic) bond motifs is 1. The number of nitrogens with one attached hydrogen (secondary N) is 1. The van der Waals surface area contributed by atoms with Gasteiger partial charge < -0.3 is 10.4 Å². The predicted molar refractivity (Wildman–Crippen MR) is 83.4 cm³/mol. The standard InChI is InChI=1S/C18H19NO2/c1-11(2)12-3-5-13(6-4-12)18(21)14-7-8-16-15(9-14)10-17(20)19-16/h3-9,11,18,21H,10H2,1-2H3,(H,19,20). The number of aliphatic hydroxyl groups excluding tert-OH is 1. The van der Waals surface area contributed by atoms with E-state index in [-0.39, 0.29) is 5.91 Å². The molecule has 1 atom stereocenters. The maximum Gasteiger partial charge on any atom is 0.228 e. The molecule has 108 valence electrons. The SMILES string of the molecule is CC(C)c1ccc(C(O)c2ccc3c(c2)CC(=O)N3)cc1. The van der Waals surface area contributed by atoms with Crippen molar-refractivity contribution < 1.29 is 9.90 Å². The van der Waals surface area contributed by atoms with Crippen molar-refractivity contribution in [3.63, 3.8) is 0 Å². The van der Waals surface area contributed by atoms with Crippen LogP contribution >= 0.6 is 0 Å². The predicted octanol–water partition coefficient (Wildman–Crippen LogP) is 3.39. The summed E-state index contributed by atoms with van der Waals surface area (Å²) in [6, 6.07) is 13.7. The van der Waals surface area contributed by atoms with E-state index in [9.17, 15) is 9.90 Å². The average Bonchev–Trinajstić information content (AvgIpc) is 2.85. The van der Waals surface area contributed by atoms with Gasteiger partial charge in [0.1, 0.15) is 6.10 Å². The number of carbonyl (C=O) groups is 1. The summed E-state index contributed by atoms with van der Waals surface area (Å²) in [5.74, 6) is 0.492. The molecule has 2 aromatic carbocycles. The highest BCUT2D eigenvalue weighted by molar-refractivity contribution is 5.99.